The molecule has 3 fully saturated rings. The van der Waals surface area contributed by atoms with Gasteiger partial charge in [0.1, 0.15) is 0 Å². The van der Waals surface area contributed by atoms with Gasteiger partial charge in [0, 0.05) is 37.3 Å². The number of carbonyl (C=O) groups excluding carboxylic acids is 1. The Morgan fingerprint density at radius 1 is 1.12 bits per heavy atom. The lowest BCUT2D eigenvalue weighted by Gasteiger charge is -2.48. The third-order valence-electron chi connectivity index (χ3n) is 8.89. The molecule has 2 N–H and O–H groups in total. The molecule has 0 bridgehead atoms. The number of amides is 1. The zero-order valence-electron chi connectivity index (χ0n) is 21.3. The van der Waals surface area contributed by atoms with E-state index in [1.54, 1.807) is 0 Å². The Bertz CT molecular complexity index is 745. The minimum Gasteiger partial charge on any atom is -0.378 e. The maximum Gasteiger partial charge on any atom is 0.229 e. The second-order valence-electron chi connectivity index (χ2n) is 11.2. The summed E-state index contributed by atoms with van der Waals surface area (Å²) < 4.78 is 12.7. The lowest BCUT2D eigenvalue weighted by Crippen LogP contribution is -2.55. The fourth-order valence-electron chi connectivity index (χ4n) is 7.28. The molecular weight excluding hydrogens is 412 g/mol. The van der Waals surface area contributed by atoms with Crippen molar-refractivity contribution in [3.63, 3.8) is 0 Å². The van der Waals surface area contributed by atoms with E-state index in [9.17, 15) is 4.79 Å². The standard InChI is InChI=1S/C28H46N2O3/c1-6-23(19(5)15-18(4)16-28(29)13-14-28)30-17-22-24(27(30)31)26(33-8-3)21-12-10-9-11-20(21)25(22)32-7-2/h9-10,19-26H,4,6-8,11-17,29H2,1-3,5H3/t19?,20-,21?,22?,23?,24?,25?,26?/m0/s1. The highest BCUT2D eigenvalue weighted by molar-refractivity contribution is 5.83. The van der Waals surface area contributed by atoms with Gasteiger partial charge in [0.2, 0.25) is 5.91 Å². The number of likely N-dealkylation sites (tertiary alicyclic amines) is 1. The number of ether oxygens (including phenoxy) is 2. The van der Waals surface area contributed by atoms with Gasteiger partial charge in [0.25, 0.3) is 0 Å². The zero-order chi connectivity index (χ0) is 23.8. The van der Waals surface area contributed by atoms with Gasteiger partial charge in [-0.05, 0) is 76.5 Å². The van der Waals surface area contributed by atoms with Crippen LogP contribution in [-0.2, 0) is 14.3 Å². The van der Waals surface area contributed by atoms with E-state index < -0.39 is 0 Å². The van der Waals surface area contributed by atoms with E-state index in [1.165, 1.54) is 5.57 Å². The average Bonchev–Trinajstić information content (AvgIpc) is 3.41. The monoisotopic (exact) mass is 458 g/mol. The molecule has 4 rings (SSSR count). The minimum absolute atomic E-state index is 0.00102. The van der Waals surface area contributed by atoms with E-state index in [4.69, 9.17) is 15.2 Å². The van der Waals surface area contributed by atoms with E-state index in [-0.39, 0.29) is 41.5 Å². The smallest absolute Gasteiger partial charge is 0.229 e. The lowest BCUT2D eigenvalue weighted by atomic mass is 9.62. The quantitative estimate of drug-likeness (QED) is 0.456. The first-order valence-electron chi connectivity index (χ1n) is 13.5. The van der Waals surface area contributed by atoms with Crippen LogP contribution in [0.2, 0.25) is 0 Å². The molecule has 2 saturated carbocycles. The maximum absolute atomic E-state index is 14.0. The van der Waals surface area contributed by atoms with Crippen LogP contribution < -0.4 is 5.73 Å². The van der Waals surface area contributed by atoms with Crippen LogP contribution in [0.5, 0.6) is 0 Å². The van der Waals surface area contributed by atoms with Crippen molar-refractivity contribution in [2.75, 3.05) is 19.8 Å². The highest BCUT2D eigenvalue weighted by atomic mass is 16.5. The number of carbonyl (C=O) groups is 1. The summed E-state index contributed by atoms with van der Waals surface area (Å²) in [6.45, 7) is 15.1. The van der Waals surface area contributed by atoms with Gasteiger partial charge in [-0.1, -0.05) is 38.2 Å². The largest absolute Gasteiger partial charge is 0.378 e. The molecule has 33 heavy (non-hydrogen) atoms. The summed E-state index contributed by atoms with van der Waals surface area (Å²) in [6.07, 6.45) is 11.8. The highest BCUT2D eigenvalue weighted by Crippen LogP contribution is 2.50. The molecule has 3 aliphatic carbocycles. The van der Waals surface area contributed by atoms with Crippen LogP contribution in [0.4, 0.5) is 0 Å². The van der Waals surface area contributed by atoms with Gasteiger partial charge in [-0.15, -0.1) is 0 Å². The van der Waals surface area contributed by atoms with E-state index in [0.29, 0.717) is 31.0 Å². The molecule has 5 nitrogen and oxygen atoms in total. The summed E-state index contributed by atoms with van der Waals surface area (Å²) in [4.78, 5) is 16.2. The second kappa shape index (κ2) is 10.2. The lowest BCUT2D eigenvalue weighted by molar-refractivity contribution is -0.161. The van der Waals surface area contributed by atoms with Crippen molar-refractivity contribution in [2.24, 2.45) is 35.3 Å². The summed E-state index contributed by atoms with van der Waals surface area (Å²) in [5.41, 5.74) is 7.58. The van der Waals surface area contributed by atoms with Gasteiger partial charge in [-0.25, -0.2) is 0 Å². The first-order chi connectivity index (χ1) is 15.8. The van der Waals surface area contributed by atoms with E-state index in [2.05, 4.69) is 51.3 Å². The first-order valence-corrected chi connectivity index (χ1v) is 13.5. The van der Waals surface area contributed by atoms with Crippen LogP contribution >= 0.6 is 0 Å². The molecule has 0 aromatic carbocycles. The number of fused-ring (bicyclic) bond motifs is 2. The fourth-order valence-corrected chi connectivity index (χ4v) is 7.28. The second-order valence-corrected chi connectivity index (χ2v) is 11.2. The number of nitrogens with zero attached hydrogens (tertiary/aromatic N) is 1. The molecule has 0 spiro atoms. The summed E-state index contributed by atoms with van der Waals surface area (Å²) in [7, 11) is 0. The third kappa shape index (κ3) is 4.97. The van der Waals surface area contributed by atoms with Crippen molar-refractivity contribution in [3.05, 3.63) is 24.3 Å². The molecule has 8 atom stereocenters. The summed E-state index contributed by atoms with van der Waals surface area (Å²) in [5, 5.41) is 0. The number of hydrogen-bond acceptors (Lipinski definition) is 4. The minimum atomic E-state index is -0.0857. The molecule has 186 valence electrons. The Kier molecular flexibility index (Phi) is 7.72. The first kappa shape index (κ1) is 24.9. The van der Waals surface area contributed by atoms with Crippen LogP contribution in [0.1, 0.15) is 72.6 Å². The number of nitrogens with two attached hydrogens (primary N) is 1. The molecule has 1 heterocycles. The van der Waals surface area contributed by atoms with Crippen molar-refractivity contribution in [1.29, 1.82) is 0 Å². The average molecular weight is 459 g/mol. The molecule has 1 aliphatic heterocycles. The van der Waals surface area contributed by atoms with Gasteiger partial charge in [0.05, 0.1) is 18.1 Å². The number of rotatable bonds is 11. The summed E-state index contributed by atoms with van der Waals surface area (Å²) >= 11 is 0. The summed E-state index contributed by atoms with van der Waals surface area (Å²) in [6, 6.07) is 0.220. The Labute approximate surface area is 201 Å². The molecule has 4 aliphatic rings. The van der Waals surface area contributed by atoms with Crippen molar-refractivity contribution < 1.29 is 14.3 Å². The Morgan fingerprint density at radius 3 is 2.30 bits per heavy atom. The van der Waals surface area contributed by atoms with Gasteiger partial charge in [-0.3, -0.25) is 4.79 Å². The molecule has 0 aromatic heterocycles. The van der Waals surface area contributed by atoms with Crippen LogP contribution in [0, 0.1) is 29.6 Å². The van der Waals surface area contributed by atoms with Gasteiger partial charge >= 0.3 is 0 Å². The predicted octanol–water partition coefficient (Wildman–Crippen LogP) is 4.71. The molecule has 1 saturated heterocycles. The molecule has 5 heteroatoms. The Morgan fingerprint density at radius 2 is 1.73 bits per heavy atom. The van der Waals surface area contributed by atoms with Crippen LogP contribution in [0.3, 0.4) is 0 Å². The van der Waals surface area contributed by atoms with Gasteiger partial charge in [0.15, 0.2) is 0 Å². The van der Waals surface area contributed by atoms with Crippen LogP contribution in [0.25, 0.3) is 0 Å². The molecular formula is C28H46N2O3. The van der Waals surface area contributed by atoms with Crippen LogP contribution in [0.15, 0.2) is 24.3 Å². The van der Waals surface area contributed by atoms with Crippen molar-refractivity contribution >= 4 is 5.91 Å². The normalized spacial score (nSPS) is 36.3. The van der Waals surface area contributed by atoms with E-state index in [1.807, 2.05) is 0 Å². The number of hydrogen-bond donors (Lipinski definition) is 1. The molecule has 0 radical (unpaired) electrons. The summed E-state index contributed by atoms with van der Waals surface area (Å²) in [5.74, 6) is 1.60. The highest BCUT2D eigenvalue weighted by Gasteiger charge is 2.59. The molecule has 1 amide bonds. The predicted molar refractivity (Wildman–Crippen MR) is 133 cm³/mol. The third-order valence-corrected chi connectivity index (χ3v) is 8.89. The van der Waals surface area contributed by atoms with Gasteiger partial charge < -0.3 is 20.1 Å². The fraction of sp³-hybridized carbons (Fsp3) is 0.821. The van der Waals surface area contributed by atoms with Crippen molar-refractivity contribution in [3.8, 4) is 0 Å². The Hall–Kier alpha value is -1.17. The van der Waals surface area contributed by atoms with Crippen LogP contribution in [-0.4, -0.2) is 54.4 Å². The zero-order valence-corrected chi connectivity index (χ0v) is 21.3. The maximum atomic E-state index is 14.0. The van der Waals surface area contributed by atoms with Gasteiger partial charge in [-0.2, -0.15) is 0 Å². The molecule has 7 unspecified atom stereocenters. The molecule has 0 aromatic rings. The van der Waals surface area contributed by atoms with E-state index in [0.717, 1.165) is 51.5 Å². The number of allylic oxidation sites excluding steroid dienone is 2. The van der Waals surface area contributed by atoms with Crippen molar-refractivity contribution in [2.45, 2.75) is 96.4 Å². The topological polar surface area (TPSA) is 64.8 Å². The van der Waals surface area contributed by atoms with E-state index >= 15 is 0 Å². The van der Waals surface area contributed by atoms with Crippen molar-refractivity contribution in [1.82, 2.24) is 4.90 Å². The SMILES string of the molecule is C=C(CC(C)C(CC)N1CC2C(C1=O)C(OCC)C1CC=CC[C@@H]1C2OCC)CC1(N)CC1. The Balaban J connectivity index is 1.54.